The second-order valence-corrected chi connectivity index (χ2v) is 5.31. The Morgan fingerprint density at radius 2 is 2.09 bits per heavy atom. The van der Waals surface area contributed by atoms with E-state index in [1.165, 1.54) is 12.1 Å². The van der Waals surface area contributed by atoms with Gasteiger partial charge in [-0.2, -0.15) is 0 Å². The SMILES string of the molecule is O=C(O)Cc1c[nH]c2c(-c3cc(F)c(O)c(Cl)c3)cccc12. The van der Waals surface area contributed by atoms with Crippen molar-refractivity contribution in [3.63, 3.8) is 0 Å². The first-order valence-electron chi connectivity index (χ1n) is 6.46. The summed E-state index contributed by atoms with van der Waals surface area (Å²) in [5, 5.41) is 19.0. The molecule has 22 heavy (non-hydrogen) atoms. The summed E-state index contributed by atoms with van der Waals surface area (Å²) in [6.07, 6.45) is 1.52. The Kier molecular flexibility index (Phi) is 3.50. The summed E-state index contributed by atoms with van der Waals surface area (Å²) in [6, 6.07) is 7.98. The highest BCUT2D eigenvalue weighted by molar-refractivity contribution is 6.32. The number of phenols is 1. The van der Waals surface area contributed by atoms with E-state index in [0.29, 0.717) is 22.2 Å². The molecule has 0 aliphatic carbocycles. The lowest BCUT2D eigenvalue weighted by Gasteiger charge is -2.07. The third kappa shape index (κ3) is 2.40. The minimum absolute atomic E-state index is 0.0793. The molecule has 0 radical (unpaired) electrons. The average Bonchev–Trinajstić information content (AvgIpc) is 2.87. The van der Waals surface area contributed by atoms with Gasteiger partial charge in [0.25, 0.3) is 0 Å². The molecule has 0 bridgehead atoms. The number of rotatable bonds is 3. The van der Waals surface area contributed by atoms with Gasteiger partial charge in [-0.05, 0) is 23.3 Å². The molecule has 0 amide bonds. The first kappa shape index (κ1) is 14.4. The fourth-order valence-corrected chi connectivity index (χ4v) is 2.69. The Labute approximate surface area is 129 Å². The zero-order valence-electron chi connectivity index (χ0n) is 11.2. The minimum Gasteiger partial charge on any atom is -0.504 e. The van der Waals surface area contributed by atoms with Crippen LogP contribution in [0.2, 0.25) is 5.02 Å². The number of carboxylic acids is 1. The van der Waals surface area contributed by atoms with E-state index in [0.717, 1.165) is 5.39 Å². The van der Waals surface area contributed by atoms with Crippen molar-refractivity contribution in [3.8, 4) is 16.9 Å². The van der Waals surface area contributed by atoms with Crippen LogP contribution in [0.5, 0.6) is 5.75 Å². The van der Waals surface area contributed by atoms with Crippen LogP contribution in [-0.2, 0) is 11.2 Å². The van der Waals surface area contributed by atoms with Gasteiger partial charge < -0.3 is 15.2 Å². The van der Waals surface area contributed by atoms with Gasteiger partial charge in [-0.15, -0.1) is 0 Å². The number of para-hydroxylation sites is 1. The number of H-pyrrole nitrogens is 1. The van der Waals surface area contributed by atoms with Crippen molar-refractivity contribution in [2.75, 3.05) is 0 Å². The summed E-state index contributed by atoms with van der Waals surface area (Å²) in [5.41, 5.74) is 2.51. The molecule has 0 unspecified atom stereocenters. The van der Waals surface area contributed by atoms with E-state index in [2.05, 4.69) is 4.98 Å². The lowest BCUT2D eigenvalue weighted by molar-refractivity contribution is -0.136. The minimum atomic E-state index is -0.926. The van der Waals surface area contributed by atoms with Crippen LogP contribution in [0.3, 0.4) is 0 Å². The number of carboxylic acid groups (broad SMARTS) is 1. The second kappa shape index (κ2) is 5.35. The Hall–Kier alpha value is -2.53. The third-order valence-corrected chi connectivity index (χ3v) is 3.76. The number of halogens is 2. The summed E-state index contributed by atoms with van der Waals surface area (Å²) in [4.78, 5) is 13.9. The topological polar surface area (TPSA) is 73.3 Å². The normalized spacial score (nSPS) is 11.0. The van der Waals surface area contributed by atoms with Gasteiger partial charge >= 0.3 is 5.97 Å². The number of phenolic OH excluding ortho intramolecular Hbond substituents is 1. The number of carbonyl (C=O) groups is 1. The van der Waals surface area contributed by atoms with Gasteiger partial charge in [0.1, 0.15) is 0 Å². The van der Waals surface area contributed by atoms with Crippen molar-refractivity contribution in [1.29, 1.82) is 0 Å². The molecule has 1 aromatic heterocycles. The number of hydrogen-bond acceptors (Lipinski definition) is 2. The molecule has 112 valence electrons. The van der Waals surface area contributed by atoms with Crippen molar-refractivity contribution in [2.24, 2.45) is 0 Å². The number of benzene rings is 2. The average molecular weight is 320 g/mol. The van der Waals surface area contributed by atoms with Gasteiger partial charge in [0, 0.05) is 17.1 Å². The molecule has 0 saturated heterocycles. The standard InChI is InChI=1S/C16H11ClFNO3/c17-12-4-8(5-13(18)16(12)22)10-2-1-3-11-9(6-14(20)21)7-19-15(10)11/h1-5,7,19,22H,6H2,(H,20,21). The summed E-state index contributed by atoms with van der Waals surface area (Å²) >= 11 is 5.82. The largest absolute Gasteiger partial charge is 0.504 e. The van der Waals surface area contributed by atoms with Crippen LogP contribution in [0, 0.1) is 5.82 Å². The van der Waals surface area contributed by atoms with Crippen LogP contribution < -0.4 is 0 Å². The molecule has 0 saturated carbocycles. The number of aliphatic carboxylic acids is 1. The van der Waals surface area contributed by atoms with Gasteiger partial charge in [-0.1, -0.05) is 29.8 Å². The highest BCUT2D eigenvalue weighted by atomic mass is 35.5. The number of aromatic amines is 1. The molecule has 3 rings (SSSR count). The molecule has 0 aliphatic rings. The number of aromatic hydroxyl groups is 1. The summed E-state index contributed by atoms with van der Waals surface area (Å²) in [6.45, 7) is 0. The maximum atomic E-state index is 13.7. The van der Waals surface area contributed by atoms with Gasteiger partial charge in [0.2, 0.25) is 0 Å². The van der Waals surface area contributed by atoms with Crippen molar-refractivity contribution in [2.45, 2.75) is 6.42 Å². The number of hydrogen-bond donors (Lipinski definition) is 3. The van der Waals surface area contributed by atoms with Crippen LogP contribution >= 0.6 is 11.6 Å². The van der Waals surface area contributed by atoms with E-state index in [9.17, 15) is 14.3 Å². The van der Waals surface area contributed by atoms with Crippen molar-refractivity contribution in [3.05, 3.63) is 52.9 Å². The first-order valence-corrected chi connectivity index (χ1v) is 6.84. The molecule has 3 N–H and O–H groups in total. The van der Waals surface area contributed by atoms with E-state index in [4.69, 9.17) is 16.7 Å². The summed E-state index contributed by atoms with van der Waals surface area (Å²) in [5.74, 6) is -2.32. The molecule has 0 aliphatic heterocycles. The smallest absolute Gasteiger partial charge is 0.307 e. The van der Waals surface area contributed by atoms with Gasteiger partial charge in [0.05, 0.1) is 17.0 Å². The highest BCUT2D eigenvalue weighted by Gasteiger charge is 2.14. The van der Waals surface area contributed by atoms with E-state index in [1.807, 2.05) is 0 Å². The fraction of sp³-hybridized carbons (Fsp3) is 0.0625. The van der Waals surface area contributed by atoms with Gasteiger partial charge in [0.15, 0.2) is 11.6 Å². The predicted octanol–water partition coefficient (Wildman–Crippen LogP) is 3.96. The Bertz CT molecular complexity index is 865. The maximum Gasteiger partial charge on any atom is 0.307 e. The molecule has 1 heterocycles. The summed E-state index contributed by atoms with van der Waals surface area (Å²) < 4.78 is 13.7. The van der Waals surface area contributed by atoms with Crippen LogP contribution in [0.4, 0.5) is 4.39 Å². The molecule has 2 aromatic carbocycles. The number of nitrogens with one attached hydrogen (secondary N) is 1. The highest BCUT2D eigenvalue weighted by Crippen LogP contribution is 2.35. The number of aromatic nitrogens is 1. The lowest BCUT2D eigenvalue weighted by Crippen LogP contribution is -1.98. The van der Waals surface area contributed by atoms with E-state index in [-0.39, 0.29) is 11.4 Å². The zero-order chi connectivity index (χ0) is 15.9. The quantitative estimate of drug-likeness (QED) is 0.684. The Morgan fingerprint density at radius 1 is 1.32 bits per heavy atom. The predicted molar refractivity (Wildman–Crippen MR) is 81.7 cm³/mol. The zero-order valence-corrected chi connectivity index (χ0v) is 12.0. The first-order chi connectivity index (χ1) is 10.5. The Balaban J connectivity index is 2.20. The van der Waals surface area contributed by atoms with Crippen LogP contribution in [0.25, 0.3) is 22.0 Å². The molecule has 4 nitrogen and oxygen atoms in total. The van der Waals surface area contributed by atoms with Crippen LogP contribution in [0.15, 0.2) is 36.5 Å². The molecular weight excluding hydrogens is 309 g/mol. The lowest BCUT2D eigenvalue weighted by atomic mass is 10.0. The summed E-state index contributed by atoms with van der Waals surface area (Å²) in [7, 11) is 0. The van der Waals surface area contributed by atoms with E-state index < -0.39 is 17.5 Å². The molecule has 0 fully saturated rings. The van der Waals surface area contributed by atoms with Crippen LogP contribution in [-0.4, -0.2) is 21.2 Å². The van der Waals surface area contributed by atoms with Crippen molar-refractivity contribution in [1.82, 2.24) is 4.98 Å². The molecule has 3 aromatic rings. The van der Waals surface area contributed by atoms with Gasteiger partial charge in [-0.25, -0.2) is 4.39 Å². The molecular formula is C16H11ClFNO3. The number of fused-ring (bicyclic) bond motifs is 1. The van der Waals surface area contributed by atoms with Crippen molar-refractivity contribution < 1.29 is 19.4 Å². The molecule has 0 atom stereocenters. The van der Waals surface area contributed by atoms with E-state index >= 15 is 0 Å². The third-order valence-electron chi connectivity index (χ3n) is 3.47. The fourth-order valence-electron chi connectivity index (χ4n) is 2.48. The van der Waals surface area contributed by atoms with Crippen LogP contribution in [0.1, 0.15) is 5.56 Å². The maximum absolute atomic E-state index is 13.7. The van der Waals surface area contributed by atoms with Crippen molar-refractivity contribution >= 4 is 28.5 Å². The second-order valence-electron chi connectivity index (χ2n) is 4.90. The van der Waals surface area contributed by atoms with Gasteiger partial charge in [-0.3, -0.25) is 4.79 Å². The monoisotopic (exact) mass is 319 g/mol. The molecule has 6 heteroatoms. The Morgan fingerprint density at radius 3 is 2.77 bits per heavy atom. The van der Waals surface area contributed by atoms with E-state index in [1.54, 1.807) is 24.4 Å². The molecule has 0 spiro atoms.